The van der Waals surface area contributed by atoms with Crippen molar-refractivity contribution in [3.05, 3.63) is 58.0 Å². The highest BCUT2D eigenvalue weighted by atomic mass is 79.9. The van der Waals surface area contributed by atoms with Crippen molar-refractivity contribution in [3.8, 4) is 11.6 Å². The Hall–Kier alpha value is -3.28. The summed E-state index contributed by atoms with van der Waals surface area (Å²) in [6.45, 7) is 4.88. The second-order valence-corrected chi connectivity index (χ2v) is 12.0. The zero-order valence-corrected chi connectivity index (χ0v) is 26.5. The maximum Gasteiger partial charge on any atom is 0.426 e. The van der Waals surface area contributed by atoms with Gasteiger partial charge in [0.1, 0.15) is 10.2 Å². The van der Waals surface area contributed by atoms with E-state index in [1.165, 1.54) is 20.8 Å². The number of carbonyl (C=O) groups excluding carboxylic acids is 1. The molecule has 0 bridgehead atoms. The first kappa shape index (κ1) is 35.6. The molecule has 3 aromatic rings. The van der Waals surface area contributed by atoms with Gasteiger partial charge >= 0.3 is 18.4 Å². The van der Waals surface area contributed by atoms with E-state index in [1.54, 1.807) is 30.3 Å². The lowest BCUT2D eigenvalue weighted by atomic mass is 9.94. The molecule has 1 aromatic carbocycles. The Morgan fingerprint density at radius 2 is 1.70 bits per heavy atom. The van der Waals surface area contributed by atoms with E-state index in [0.717, 1.165) is 0 Å². The first-order valence-corrected chi connectivity index (χ1v) is 14.9. The molecule has 1 unspecified atom stereocenters. The first-order valence-electron chi connectivity index (χ1n) is 14.1. The average Bonchev–Trinajstić information content (AvgIpc) is 3.65. The summed E-state index contributed by atoms with van der Waals surface area (Å²) in [6, 6.07) is 8.63. The standard InChI is InChI=1S/C29H31BrF6N4O6/c1-26(2,3)46-25(41)37-19-15-18(28(31,32)33)22(30)38-21(19)23-39-40-24(45-23)27(29(34,35)36,44-16-17-9-5-4-6-10-17)12-8-7-11-20-42-13-14-43-20/h4-6,9-10,15,20H,7-8,11-14,16H2,1-3H3,(H,37,41). The number of carbonyl (C=O) groups is 1. The Balaban J connectivity index is 1.74. The van der Waals surface area contributed by atoms with Crippen LogP contribution in [0.25, 0.3) is 11.6 Å². The van der Waals surface area contributed by atoms with Crippen molar-refractivity contribution in [2.45, 2.75) is 82.9 Å². The molecule has 1 saturated heterocycles. The monoisotopic (exact) mass is 724 g/mol. The molecule has 0 saturated carbocycles. The third-order valence-corrected chi connectivity index (χ3v) is 7.19. The van der Waals surface area contributed by atoms with Gasteiger partial charge in [0.2, 0.25) is 5.60 Å². The number of amides is 1. The van der Waals surface area contributed by atoms with Gasteiger partial charge in [-0.3, -0.25) is 5.32 Å². The Morgan fingerprint density at radius 1 is 1.02 bits per heavy atom. The number of anilines is 1. The summed E-state index contributed by atoms with van der Waals surface area (Å²) in [5, 5.41) is 9.49. The van der Waals surface area contributed by atoms with Gasteiger partial charge in [0.05, 0.1) is 31.1 Å². The van der Waals surface area contributed by atoms with Crippen LogP contribution in [0.15, 0.2) is 45.4 Å². The highest BCUT2D eigenvalue weighted by Gasteiger charge is 2.61. The summed E-state index contributed by atoms with van der Waals surface area (Å²) in [4.78, 5) is 16.3. The molecule has 0 spiro atoms. The van der Waals surface area contributed by atoms with Crippen LogP contribution < -0.4 is 5.32 Å². The quantitative estimate of drug-likeness (QED) is 0.119. The molecule has 3 heterocycles. The van der Waals surface area contributed by atoms with E-state index in [9.17, 15) is 18.0 Å². The minimum absolute atomic E-state index is 0.0231. The number of alkyl halides is 6. The molecule has 46 heavy (non-hydrogen) atoms. The second kappa shape index (κ2) is 14.2. The molecule has 1 fully saturated rings. The van der Waals surface area contributed by atoms with E-state index in [1.807, 2.05) is 0 Å². The van der Waals surface area contributed by atoms with Crippen LogP contribution in [0.1, 0.15) is 63.5 Å². The minimum atomic E-state index is -5.09. The SMILES string of the molecule is CC(C)(C)OC(=O)Nc1cc(C(F)(F)F)c(Br)nc1-c1nnc(C(CCCCC2OCCO2)(OCc2ccccc2)C(F)(F)F)o1. The van der Waals surface area contributed by atoms with E-state index < -0.39 is 82.3 Å². The molecule has 10 nitrogen and oxygen atoms in total. The third-order valence-electron chi connectivity index (χ3n) is 6.59. The maximum atomic E-state index is 15.0. The van der Waals surface area contributed by atoms with Gasteiger partial charge in [-0.15, -0.1) is 10.2 Å². The molecular formula is C29H31BrF6N4O6. The van der Waals surface area contributed by atoms with E-state index in [2.05, 4.69) is 36.4 Å². The Labute approximate surface area is 268 Å². The van der Waals surface area contributed by atoms with Crippen LogP contribution in [0.2, 0.25) is 0 Å². The molecule has 4 rings (SSSR count). The summed E-state index contributed by atoms with van der Waals surface area (Å²) < 4.78 is 112. The summed E-state index contributed by atoms with van der Waals surface area (Å²) in [6.07, 6.45) is -11.7. The molecular weight excluding hydrogens is 694 g/mol. The molecule has 1 N–H and O–H groups in total. The smallest absolute Gasteiger partial charge is 0.426 e. The molecule has 1 aliphatic heterocycles. The third kappa shape index (κ3) is 8.95. The van der Waals surface area contributed by atoms with Gasteiger partial charge in [-0.1, -0.05) is 30.3 Å². The lowest BCUT2D eigenvalue weighted by Gasteiger charge is -2.32. The second-order valence-electron chi connectivity index (χ2n) is 11.3. The number of nitrogens with zero attached hydrogens (tertiary/aromatic N) is 3. The van der Waals surface area contributed by atoms with E-state index in [4.69, 9.17) is 23.4 Å². The molecule has 252 valence electrons. The molecule has 0 aliphatic carbocycles. The fourth-order valence-electron chi connectivity index (χ4n) is 4.47. The number of unbranched alkanes of at least 4 members (excludes halogenated alkanes) is 1. The van der Waals surface area contributed by atoms with Crippen molar-refractivity contribution in [2.24, 2.45) is 0 Å². The van der Waals surface area contributed by atoms with E-state index in [0.29, 0.717) is 31.3 Å². The van der Waals surface area contributed by atoms with Crippen molar-refractivity contribution in [1.29, 1.82) is 0 Å². The van der Waals surface area contributed by atoms with Crippen LogP contribution in [0.4, 0.5) is 36.8 Å². The summed E-state index contributed by atoms with van der Waals surface area (Å²) >= 11 is 2.74. The lowest BCUT2D eigenvalue weighted by Crippen LogP contribution is -2.45. The van der Waals surface area contributed by atoms with Gasteiger partial charge in [0.15, 0.2) is 12.0 Å². The van der Waals surface area contributed by atoms with Crippen LogP contribution in [-0.2, 0) is 37.3 Å². The van der Waals surface area contributed by atoms with Crippen LogP contribution in [0.3, 0.4) is 0 Å². The van der Waals surface area contributed by atoms with Crippen molar-refractivity contribution < 1.29 is 54.5 Å². The highest BCUT2D eigenvalue weighted by Crippen LogP contribution is 2.47. The number of pyridine rings is 1. The van der Waals surface area contributed by atoms with Gasteiger partial charge in [0.25, 0.3) is 11.8 Å². The van der Waals surface area contributed by atoms with Crippen LogP contribution >= 0.6 is 15.9 Å². The van der Waals surface area contributed by atoms with Crippen LogP contribution in [0, 0.1) is 0 Å². The van der Waals surface area contributed by atoms with Gasteiger partial charge < -0.3 is 23.4 Å². The first-order chi connectivity index (χ1) is 21.5. The Morgan fingerprint density at radius 3 is 2.30 bits per heavy atom. The maximum absolute atomic E-state index is 15.0. The predicted octanol–water partition coefficient (Wildman–Crippen LogP) is 8.17. The zero-order valence-electron chi connectivity index (χ0n) is 24.9. The van der Waals surface area contributed by atoms with E-state index >= 15 is 13.2 Å². The Bertz CT molecular complexity index is 1480. The van der Waals surface area contributed by atoms with Crippen molar-refractivity contribution in [3.63, 3.8) is 0 Å². The molecule has 0 radical (unpaired) electrons. The van der Waals surface area contributed by atoms with Gasteiger partial charge in [-0.25, -0.2) is 9.78 Å². The molecule has 1 atom stereocenters. The van der Waals surface area contributed by atoms with E-state index in [-0.39, 0.29) is 12.8 Å². The number of halogens is 7. The molecule has 1 aliphatic rings. The molecule has 17 heteroatoms. The normalized spacial score (nSPS) is 16.0. The number of hydrogen-bond donors (Lipinski definition) is 1. The van der Waals surface area contributed by atoms with Crippen molar-refractivity contribution in [2.75, 3.05) is 18.5 Å². The summed E-state index contributed by atoms with van der Waals surface area (Å²) in [7, 11) is 0. The number of benzene rings is 1. The van der Waals surface area contributed by atoms with Crippen molar-refractivity contribution >= 4 is 27.7 Å². The topological polar surface area (TPSA) is 118 Å². The summed E-state index contributed by atoms with van der Waals surface area (Å²) in [5.74, 6) is -1.71. The Kier molecular flexibility index (Phi) is 11.0. The molecule has 2 aromatic heterocycles. The lowest BCUT2D eigenvalue weighted by molar-refractivity contribution is -0.300. The number of aromatic nitrogens is 3. The average molecular weight is 725 g/mol. The number of hydrogen-bond acceptors (Lipinski definition) is 9. The zero-order chi connectivity index (χ0) is 33.8. The number of rotatable bonds is 11. The number of ether oxygens (including phenoxy) is 4. The largest absolute Gasteiger partial charge is 0.444 e. The predicted molar refractivity (Wildman–Crippen MR) is 153 cm³/mol. The summed E-state index contributed by atoms with van der Waals surface area (Å²) in [5.41, 5.74) is -6.14. The highest BCUT2D eigenvalue weighted by molar-refractivity contribution is 9.10. The molecule has 1 amide bonds. The fourth-order valence-corrected chi connectivity index (χ4v) is 4.99. The fraction of sp³-hybridized carbons (Fsp3) is 0.517. The van der Waals surface area contributed by atoms with Gasteiger partial charge in [-0.05, 0) is 74.0 Å². The van der Waals surface area contributed by atoms with Crippen LogP contribution in [0.5, 0.6) is 0 Å². The number of nitrogens with one attached hydrogen (secondary N) is 1. The minimum Gasteiger partial charge on any atom is -0.444 e. The van der Waals surface area contributed by atoms with Crippen LogP contribution in [-0.4, -0.2) is 52.6 Å². The van der Waals surface area contributed by atoms with Gasteiger partial charge in [0, 0.05) is 0 Å². The van der Waals surface area contributed by atoms with Gasteiger partial charge in [-0.2, -0.15) is 26.3 Å². The van der Waals surface area contributed by atoms with Crippen molar-refractivity contribution in [1.82, 2.24) is 15.2 Å².